The van der Waals surface area contributed by atoms with Crippen LogP contribution in [0.2, 0.25) is 0 Å². The minimum absolute atomic E-state index is 0.0122. The van der Waals surface area contributed by atoms with Gasteiger partial charge in [-0.3, -0.25) is 9.59 Å². The van der Waals surface area contributed by atoms with Crippen LogP contribution in [0.15, 0.2) is 18.2 Å². The standard InChI is InChI=1S/C14H17FN2O2/c1-9-2-3-10(8-12(9)15)14(19)17-11-4-5-13(18)16-7-6-11/h2-3,8,11H,4-7H2,1H3,(H,16,18)(H,17,19). The summed E-state index contributed by atoms with van der Waals surface area (Å²) in [5, 5.41) is 5.60. The average molecular weight is 264 g/mol. The summed E-state index contributed by atoms with van der Waals surface area (Å²) in [7, 11) is 0. The Balaban J connectivity index is 2.00. The summed E-state index contributed by atoms with van der Waals surface area (Å²) in [5.41, 5.74) is 0.826. The van der Waals surface area contributed by atoms with Gasteiger partial charge >= 0.3 is 0 Å². The third-order valence-corrected chi connectivity index (χ3v) is 3.30. The van der Waals surface area contributed by atoms with Gasteiger partial charge in [-0.15, -0.1) is 0 Å². The molecule has 0 radical (unpaired) electrons. The van der Waals surface area contributed by atoms with Gasteiger partial charge in [0, 0.05) is 24.6 Å². The minimum atomic E-state index is -0.384. The largest absolute Gasteiger partial charge is 0.356 e. The Morgan fingerprint density at radius 1 is 1.42 bits per heavy atom. The van der Waals surface area contributed by atoms with Crippen LogP contribution in [0.5, 0.6) is 0 Å². The molecule has 2 amide bonds. The number of hydrogen-bond donors (Lipinski definition) is 2. The van der Waals surface area contributed by atoms with Crippen molar-refractivity contribution >= 4 is 11.8 Å². The van der Waals surface area contributed by atoms with Crippen molar-refractivity contribution in [3.63, 3.8) is 0 Å². The third kappa shape index (κ3) is 3.53. The number of hydrogen-bond acceptors (Lipinski definition) is 2. The highest BCUT2D eigenvalue weighted by molar-refractivity contribution is 5.94. The molecular weight excluding hydrogens is 247 g/mol. The molecule has 1 aromatic rings. The Labute approximate surface area is 111 Å². The lowest BCUT2D eigenvalue weighted by atomic mass is 10.1. The van der Waals surface area contributed by atoms with E-state index in [1.54, 1.807) is 19.1 Å². The molecule has 1 unspecified atom stereocenters. The Hall–Kier alpha value is -1.91. The second kappa shape index (κ2) is 5.82. The zero-order valence-electron chi connectivity index (χ0n) is 10.8. The Bertz CT molecular complexity index is 502. The maximum atomic E-state index is 13.4. The zero-order valence-corrected chi connectivity index (χ0v) is 10.8. The lowest BCUT2D eigenvalue weighted by Crippen LogP contribution is -2.35. The van der Waals surface area contributed by atoms with Crippen LogP contribution in [0, 0.1) is 12.7 Å². The molecule has 1 fully saturated rings. The molecule has 4 nitrogen and oxygen atoms in total. The minimum Gasteiger partial charge on any atom is -0.356 e. The molecule has 1 aliphatic rings. The predicted molar refractivity (Wildman–Crippen MR) is 69.3 cm³/mol. The zero-order chi connectivity index (χ0) is 13.8. The summed E-state index contributed by atoms with van der Waals surface area (Å²) in [6.07, 6.45) is 1.73. The molecule has 1 aromatic carbocycles. The van der Waals surface area contributed by atoms with E-state index in [1.165, 1.54) is 6.07 Å². The van der Waals surface area contributed by atoms with E-state index in [9.17, 15) is 14.0 Å². The SMILES string of the molecule is Cc1ccc(C(=O)NC2CCNC(=O)CC2)cc1F. The summed E-state index contributed by atoms with van der Waals surface area (Å²) in [5.74, 6) is -0.665. The van der Waals surface area contributed by atoms with Gasteiger partial charge in [0.25, 0.3) is 5.91 Å². The molecule has 0 bridgehead atoms. The summed E-state index contributed by atoms with van der Waals surface area (Å²) >= 11 is 0. The molecule has 1 aliphatic heterocycles. The van der Waals surface area contributed by atoms with E-state index in [-0.39, 0.29) is 23.7 Å². The lowest BCUT2D eigenvalue weighted by Gasteiger charge is -2.15. The van der Waals surface area contributed by atoms with Gasteiger partial charge in [0.05, 0.1) is 0 Å². The third-order valence-electron chi connectivity index (χ3n) is 3.30. The fourth-order valence-electron chi connectivity index (χ4n) is 2.07. The van der Waals surface area contributed by atoms with Crippen molar-refractivity contribution in [1.82, 2.24) is 10.6 Å². The maximum Gasteiger partial charge on any atom is 0.251 e. The second-order valence-corrected chi connectivity index (χ2v) is 4.81. The monoisotopic (exact) mass is 264 g/mol. The molecule has 5 heteroatoms. The first-order chi connectivity index (χ1) is 9.06. The van der Waals surface area contributed by atoms with Gasteiger partial charge < -0.3 is 10.6 Å². The quantitative estimate of drug-likeness (QED) is 0.851. The first kappa shape index (κ1) is 13.5. The van der Waals surface area contributed by atoms with Crippen LogP contribution in [-0.2, 0) is 4.79 Å². The van der Waals surface area contributed by atoms with Gasteiger partial charge in [-0.1, -0.05) is 6.07 Å². The van der Waals surface area contributed by atoms with E-state index in [0.717, 1.165) is 0 Å². The van der Waals surface area contributed by atoms with Crippen molar-refractivity contribution in [1.29, 1.82) is 0 Å². The smallest absolute Gasteiger partial charge is 0.251 e. The fourth-order valence-corrected chi connectivity index (χ4v) is 2.07. The normalized spacial score (nSPS) is 19.5. The van der Waals surface area contributed by atoms with Crippen molar-refractivity contribution in [2.45, 2.75) is 32.2 Å². The van der Waals surface area contributed by atoms with Gasteiger partial charge in [-0.05, 0) is 37.5 Å². The summed E-state index contributed by atoms with van der Waals surface area (Å²) in [4.78, 5) is 23.2. The first-order valence-corrected chi connectivity index (χ1v) is 6.40. The second-order valence-electron chi connectivity index (χ2n) is 4.81. The number of nitrogens with one attached hydrogen (secondary N) is 2. The lowest BCUT2D eigenvalue weighted by molar-refractivity contribution is -0.120. The molecule has 0 aliphatic carbocycles. The van der Waals surface area contributed by atoms with Crippen LogP contribution in [-0.4, -0.2) is 24.4 Å². The van der Waals surface area contributed by atoms with Crippen molar-refractivity contribution in [3.05, 3.63) is 35.1 Å². The van der Waals surface area contributed by atoms with Gasteiger partial charge in [-0.25, -0.2) is 4.39 Å². The Morgan fingerprint density at radius 2 is 2.21 bits per heavy atom. The number of carbonyl (C=O) groups is 2. The first-order valence-electron chi connectivity index (χ1n) is 6.40. The van der Waals surface area contributed by atoms with Gasteiger partial charge in [-0.2, -0.15) is 0 Å². The van der Waals surface area contributed by atoms with E-state index >= 15 is 0 Å². The van der Waals surface area contributed by atoms with Crippen molar-refractivity contribution in [3.8, 4) is 0 Å². The van der Waals surface area contributed by atoms with E-state index in [4.69, 9.17) is 0 Å². The summed E-state index contributed by atoms with van der Waals surface area (Å²) in [6.45, 7) is 2.21. The molecule has 0 aromatic heterocycles. The van der Waals surface area contributed by atoms with Gasteiger partial charge in [0.2, 0.25) is 5.91 Å². The number of aryl methyl sites for hydroxylation is 1. The fraction of sp³-hybridized carbons (Fsp3) is 0.429. The van der Waals surface area contributed by atoms with Gasteiger partial charge in [0.15, 0.2) is 0 Å². The molecule has 19 heavy (non-hydrogen) atoms. The molecule has 0 spiro atoms. The van der Waals surface area contributed by atoms with Crippen LogP contribution in [0.4, 0.5) is 4.39 Å². The molecule has 2 N–H and O–H groups in total. The highest BCUT2D eigenvalue weighted by Crippen LogP contribution is 2.11. The van der Waals surface area contributed by atoms with E-state index < -0.39 is 0 Å². The van der Waals surface area contributed by atoms with E-state index in [0.29, 0.717) is 36.9 Å². The van der Waals surface area contributed by atoms with Crippen molar-refractivity contribution in [2.24, 2.45) is 0 Å². The van der Waals surface area contributed by atoms with Crippen molar-refractivity contribution in [2.75, 3.05) is 6.54 Å². The van der Waals surface area contributed by atoms with E-state index in [1.807, 2.05) is 0 Å². The molecule has 1 heterocycles. The molecule has 0 saturated carbocycles. The van der Waals surface area contributed by atoms with Crippen LogP contribution in [0.3, 0.4) is 0 Å². The Kier molecular flexibility index (Phi) is 4.14. The molecule has 2 rings (SSSR count). The molecule has 102 valence electrons. The molecular formula is C14H17FN2O2. The van der Waals surface area contributed by atoms with Crippen LogP contribution >= 0.6 is 0 Å². The van der Waals surface area contributed by atoms with Gasteiger partial charge in [0.1, 0.15) is 5.82 Å². The van der Waals surface area contributed by atoms with E-state index in [2.05, 4.69) is 10.6 Å². The predicted octanol–water partition coefficient (Wildman–Crippen LogP) is 1.53. The van der Waals surface area contributed by atoms with Crippen LogP contribution < -0.4 is 10.6 Å². The number of halogens is 1. The van der Waals surface area contributed by atoms with Crippen LogP contribution in [0.25, 0.3) is 0 Å². The van der Waals surface area contributed by atoms with Crippen LogP contribution in [0.1, 0.15) is 35.2 Å². The number of amides is 2. The summed E-state index contributed by atoms with van der Waals surface area (Å²) < 4.78 is 13.4. The van der Waals surface area contributed by atoms with Crippen molar-refractivity contribution < 1.29 is 14.0 Å². The topological polar surface area (TPSA) is 58.2 Å². The Morgan fingerprint density at radius 3 is 2.95 bits per heavy atom. The number of benzene rings is 1. The maximum absolute atomic E-state index is 13.4. The highest BCUT2D eigenvalue weighted by Gasteiger charge is 2.18. The molecule has 1 atom stereocenters. The molecule has 1 saturated heterocycles. The number of rotatable bonds is 2. The summed E-state index contributed by atoms with van der Waals surface area (Å²) in [6, 6.07) is 4.39. The average Bonchev–Trinajstić information content (AvgIpc) is 2.58. The number of carbonyl (C=O) groups excluding carboxylic acids is 2. The highest BCUT2D eigenvalue weighted by atomic mass is 19.1.